The minimum absolute atomic E-state index is 0.00994. The molecule has 34 heavy (non-hydrogen) atoms. The minimum atomic E-state index is -1.12. The molecule has 9 nitrogen and oxygen atoms in total. The molecule has 170 valence electrons. The number of allylic oxidation sites excluding steroid dienone is 1. The second kappa shape index (κ2) is 9.33. The van der Waals surface area contributed by atoms with E-state index in [2.05, 4.69) is 20.7 Å². The Balaban J connectivity index is 1.72. The Labute approximate surface area is 194 Å². The number of nitrogens with one attached hydrogen (secondary N) is 4. The number of nitrogens with zero attached hydrogens (tertiary/aromatic N) is 3. The lowest BCUT2D eigenvalue weighted by Gasteiger charge is -2.08. The van der Waals surface area contributed by atoms with Gasteiger partial charge in [0.05, 0.1) is 16.7 Å². The lowest BCUT2D eigenvalue weighted by molar-refractivity contribution is -0.112. The number of amides is 1. The Morgan fingerprint density at radius 2 is 1.94 bits per heavy atom. The molecule has 2 aromatic heterocycles. The first-order valence-corrected chi connectivity index (χ1v) is 10.3. The number of pyridine rings is 1. The summed E-state index contributed by atoms with van der Waals surface area (Å²) in [4.78, 5) is 16.8. The summed E-state index contributed by atoms with van der Waals surface area (Å²) in [5.74, 6) is -0.297. The van der Waals surface area contributed by atoms with Gasteiger partial charge >= 0.3 is 0 Å². The summed E-state index contributed by atoms with van der Waals surface area (Å²) in [6.07, 6.45) is 2.52. The summed E-state index contributed by atoms with van der Waals surface area (Å²) in [5.41, 5.74) is 7.40. The number of halogens is 1. The number of nitrogen functional groups attached to an aromatic ring is 1. The normalized spacial score (nSPS) is 11.3. The van der Waals surface area contributed by atoms with E-state index in [1.165, 1.54) is 18.2 Å². The standard InChI is InChI=1S/C24H21FN8O/c1-2-14(13-26)24(34)31-20-8-5-9-21(30-20)33-19-7-4-3-6-16(19)23(32-33)29-15-10-11-18(27)17(12-15)22(25)28/h2-13,26,28H,27H2,1H3,(H,29,32)(H,30,31,34)/b14-2+,26-13?,28-22?. The van der Waals surface area contributed by atoms with Crippen molar-refractivity contribution in [3.05, 3.63) is 77.9 Å². The number of anilines is 4. The van der Waals surface area contributed by atoms with Crippen LogP contribution in [-0.2, 0) is 4.79 Å². The molecule has 6 N–H and O–H groups in total. The summed E-state index contributed by atoms with van der Waals surface area (Å²) in [6, 6.07) is 17.3. The van der Waals surface area contributed by atoms with Crippen LogP contribution < -0.4 is 16.4 Å². The molecular weight excluding hydrogens is 435 g/mol. The number of carbonyl (C=O) groups is 1. The Hall–Kier alpha value is -4.86. The lowest BCUT2D eigenvalue weighted by atomic mass is 10.1. The fraction of sp³-hybridized carbons (Fsp3) is 0.0417. The quantitative estimate of drug-likeness (QED) is 0.157. The van der Waals surface area contributed by atoms with Crippen LogP contribution in [0.25, 0.3) is 16.7 Å². The molecule has 0 atom stereocenters. The number of benzene rings is 2. The molecule has 0 radical (unpaired) electrons. The second-order valence-corrected chi connectivity index (χ2v) is 7.24. The van der Waals surface area contributed by atoms with Gasteiger partial charge in [-0.3, -0.25) is 10.2 Å². The topological polar surface area (TPSA) is 146 Å². The average Bonchev–Trinajstić information content (AvgIpc) is 3.19. The summed E-state index contributed by atoms with van der Waals surface area (Å²) >= 11 is 0. The maximum atomic E-state index is 13.5. The van der Waals surface area contributed by atoms with Gasteiger partial charge < -0.3 is 21.8 Å². The molecule has 0 aliphatic heterocycles. The van der Waals surface area contributed by atoms with Gasteiger partial charge in [-0.15, -0.1) is 5.10 Å². The van der Waals surface area contributed by atoms with Crippen molar-refractivity contribution in [2.45, 2.75) is 6.92 Å². The Bertz CT molecular complexity index is 1460. The van der Waals surface area contributed by atoms with E-state index in [1.807, 2.05) is 24.3 Å². The first kappa shape index (κ1) is 22.3. The molecule has 0 saturated carbocycles. The lowest BCUT2D eigenvalue weighted by Crippen LogP contribution is -2.16. The molecule has 2 aromatic carbocycles. The van der Waals surface area contributed by atoms with Crippen LogP contribution in [0.2, 0.25) is 0 Å². The van der Waals surface area contributed by atoms with Crippen LogP contribution >= 0.6 is 0 Å². The molecular formula is C24H21FN8O. The van der Waals surface area contributed by atoms with Crippen molar-refractivity contribution >= 4 is 52.0 Å². The van der Waals surface area contributed by atoms with Gasteiger partial charge in [0.25, 0.3) is 5.91 Å². The number of carbonyl (C=O) groups excluding carboxylic acids is 1. The van der Waals surface area contributed by atoms with E-state index < -0.39 is 11.9 Å². The van der Waals surface area contributed by atoms with Crippen LogP contribution in [0, 0.1) is 10.8 Å². The van der Waals surface area contributed by atoms with Crippen molar-refractivity contribution in [3.63, 3.8) is 0 Å². The number of hydrogen-bond donors (Lipinski definition) is 5. The molecule has 1 amide bonds. The Morgan fingerprint density at radius 1 is 1.15 bits per heavy atom. The smallest absolute Gasteiger partial charge is 0.258 e. The van der Waals surface area contributed by atoms with E-state index in [1.54, 1.807) is 35.9 Å². The van der Waals surface area contributed by atoms with Gasteiger partial charge in [-0.1, -0.05) is 24.3 Å². The zero-order valence-corrected chi connectivity index (χ0v) is 18.1. The van der Waals surface area contributed by atoms with Crippen molar-refractivity contribution in [2.75, 3.05) is 16.4 Å². The van der Waals surface area contributed by atoms with Gasteiger partial charge in [-0.25, -0.2) is 9.67 Å². The van der Waals surface area contributed by atoms with E-state index in [0.717, 1.165) is 17.1 Å². The van der Waals surface area contributed by atoms with Crippen LogP contribution in [0.1, 0.15) is 12.5 Å². The third kappa shape index (κ3) is 4.37. The Morgan fingerprint density at radius 3 is 2.68 bits per heavy atom. The highest BCUT2D eigenvalue weighted by atomic mass is 19.1. The number of nitrogens with two attached hydrogens (primary N) is 1. The number of rotatable bonds is 7. The monoisotopic (exact) mass is 456 g/mol. The van der Waals surface area contributed by atoms with Crippen LogP contribution in [0.5, 0.6) is 0 Å². The molecule has 2 heterocycles. The van der Waals surface area contributed by atoms with Gasteiger partial charge in [0.2, 0.25) is 5.97 Å². The van der Waals surface area contributed by atoms with Crippen molar-refractivity contribution in [2.24, 2.45) is 0 Å². The van der Waals surface area contributed by atoms with Crippen LogP contribution in [0.4, 0.5) is 27.4 Å². The highest BCUT2D eigenvalue weighted by Crippen LogP contribution is 2.29. The van der Waals surface area contributed by atoms with E-state index in [-0.39, 0.29) is 16.8 Å². The first-order valence-electron chi connectivity index (χ1n) is 10.3. The molecule has 4 aromatic rings. The largest absolute Gasteiger partial charge is 0.398 e. The van der Waals surface area contributed by atoms with Gasteiger partial charge in [0.15, 0.2) is 11.6 Å². The van der Waals surface area contributed by atoms with E-state index in [9.17, 15) is 9.18 Å². The third-order valence-corrected chi connectivity index (χ3v) is 5.06. The van der Waals surface area contributed by atoms with Crippen molar-refractivity contribution < 1.29 is 9.18 Å². The summed E-state index contributed by atoms with van der Waals surface area (Å²) in [5, 5.41) is 25.9. The molecule has 0 aliphatic rings. The number of hydrogen-bond acceptors (Lipinski definition) is 7. The van der Waals surface area contributed by atoms with Crippen LogP contribution in [-0.4, -0.2) is 32.9 Å². The van der Waals surface area contributed by atoms with Gasteiger partial charge in [-0.2, -0.15) is 4.39 Å². The Kier molecular flexibility index (Phi) is 6.13. The minimum Gasteiger partial charge on any atom is -0.398 e. The molecule has 0 unspecified atom stereocenters. The second-order valence-electron chi connectivity index (χ2n) is 7.24. The molecule has 0 saturated heterocycles. The zero-order valence-electron chi connectivity index (χ0n) is 18.1. The molecule has 4 rings (SSSR count). The van der Waals surface area contributed by atoms with Crippen molar-refractivity contribution in [1.82, 2.24) is 14.8 Å². The number of para-hydroxylation sites is 1. The predicted molar refractivity (Wildman–Crippen MR) is 132 cm³/mol. The van der Waals surface area contributed by atoms with Gasteiger partial charge in [0, 0.05) is 23.0 Å². The van der Waals surface area contributed by atoms with Crippen LogP contribution in [0.15, 0.2) is 72.3 Å². The van der Waals surface area contributed by atoms with Crippen molar-refractivity contribution in [3.8, 4) is 5.82 Å². The molecule has 10 heteroatoms. The molecule has 0 bridgehead atoms. The first-order chi connectivity index (χ1) is 16.4. The highest BCUT2D eigenvalue weighted by molar-refractivity contribution is 6.16. The van der Waals surface area contributed by atoms with Crippen LogP contribution in [0.3, 0.4) is 0 Å². The molecule has 0 aliphatic carbocycles. The summed E-state index contributed by atoms with van der Waals surface area (Å²) in [6.45, 7) is 1.68. The predicted octanol–water partition coefficient (Wildman–Crippen LogP) is 4.58. The van der Waals surface area contributed by atoms with Gasteiger partial charge in [0.1, 0.15) is 5.82 Å². The highest BCUT2D eigenvalue weighted by Gasteiger charge is 2.15. The zero-order chi connectivity index (χ0) is 24.2. The number of fused-ring (bicyclic) bond motifs is 1. The van der Waals surface area contributed by atoms with E-state index >= 15 is 0 Å². The third-order valence-electron chi connectivity index (χ3n) is 5.06. The summed E-state index contributed by atoms with van der Waals surface area (Å²) < 4.78 is 15.1. The fourth-order valence-corrected chi connectivity index (χ4v) is 3.37. The van der Waals surface area contributed by atoms with Crippen molar-refractivity contribution in [1.29, 1.82) is 10.8 Å². The maximum Gasteiger partial charge on any atom is 0.258 e. The molecule has 0 fully saturated rings. The fourth-order valence-electron chi connectivity index (χ4n) is 3.37. The van der Waals surface area contributed by atoms with E-state index in [0.29, 0.717) is 23.1 Å². The SMILES string of the molecule is C/C=C(\C=N)C(=O)Nc1cccc(-n2nc(Nc3ccc(N)c(C(=N)F)c3)c3ccccc32)n1. The maximum absolute atomic E-state index is 13.5. The van der Waals surface area contributed by atoms with E-state index in [4.69, 9.17) is 16.6 Å². The average molecular weight is 456 g/mol. The number of aromatic nitrogens is 3. The summed E-state index contributed by atoms with van der Waals surface area (Å²) in [7, 11) is 0. The van der Waals surface area contributed by atoms with Gasteiger partial charge in [-0.05, 0) is 49.4 Å². The molecule has 0 spiro atoms.